The number of benzene rings is 1. The molecule has 7 heteroatoms. The third kappa shape index (κ3) is 3.05. The summed E-state index contributed by atoms with van der Waals surface area (Å²) in [7, 11) is 0. The summed E-state index contributed by atoms with van der Waals surface area (Å²) in [5, 5.41) is 6.56. The van der Waals surface area contributed by atoms with Crippen molar-refractivity contribution >= 4 is 34.5 Å². The van der Waals surface area contributed by atoms with Crippen LogP contribution in [-0.2, 0) is 21.6 Å². The Morgan fingerprint density at radius 3 is 3.07 bits per heavy atom. The van der Waals surface area contributed by atoms with Crippen molar-refractivity contribution in [2.75, 3.05) is 18.5 Å². The smallest absolute Gasteiger partial charge is 0.262 e. The number of piperidine rings is 1. The molecule has 142 valence electrons. The predicted octanol–water partition coefficient (Wildman–Crippen LogP) is 4.01. The topological polar surface area (TPSA) is 59.6 Å². The minimum Gasteiger partial charge on any atom is -0.482 e. The van der Waals surface area contributed by atoms with Gasteiger partial charge < -0.3 is 20.1 Å². The van der Waals surface area contributed by atoms with E-state index in [1.807, 2.05) is 12.1 Å². The van der Waals surface area contributed by atoms with Crippen molar-refractivity contribution in [1.29, 1.82) is 0 Å². The average molecular weight is 405 g/mol. The zero-order valence-electron chi connectivity index (χ0n) is 15.0. The quantitative estimate of drug-likeness (QED) is 0.753. The standard InChI is InChI=1S/C20H21ClN2O3S/c1-11-8-20(19-13(4-5-26-20)7-17(21)27-19)9-15(22-11)12-2-3-14-16(6-12)25-10-18(24)23-14/h2-3,6-7,11,15,22H,4-5,8-10H2,1H3,(H,23,24). The number of amides is 1. The first kappa shape index (κ1) is 17.5. The molecule has 3 aliphatic rings. The monoisotopic (exact) mass is 404 g/mol. The first-order valence-corrected chi connectivity index (χ1v) is 10.5. The van der Waals surface area contributed by atoms with E-state index in [1.54, 1.807) is 11.3 Å². The molecule has 0 radical (unpaired) electrons. The third-order valence-electron chi connectivity index (χ3n) is 5.64. The molecule has 3 aliphatic heterocycles. The van der Waals surface area contributed by atoms with Crippen LogP contribution in [0.2, 0.25) is 4.34 Å². The van der Waals surface area contributed by atoms with Crippen LogP contribution in [0.5, 0.6) is 5.75 Å². The number of anilines is 1. The van der Waals surface area contributed by atoms with Crippen molar-refractivity contribution in [3.63, 3.8) is 0 Å². The largest absolute Gasteiger partial charge is 0.482 e. The highest BCUT2D eigenvalue weighted by Gasteiger charge is 2.46. The van der Waals surface area contributed by atoms with Gasteiger partial charge in [-0.1, -0.05) is 17.7 Å². The molecule has 1 aromatic heterocycles. The van der Waals surface area contributed by atoms with E-state index in [4.69, 9.17) is 21.1 Å². The molecule has 1 amide bonds. The highest BCUT2D eigenvalue weighted by atomic mass is 35.5. The maximum atomic E-state index is 11.5. The number of carbonyl (C=O) groups excluding carboxylic acids is 1. The van der Waals surface area contributed by atoms with Crippen LogP contribution in [0.25, 0.3) is 0 Å². The number of hydrogen-bond acceptors (Lipinski definition) is 5. The van der Waals surface area contributed by atoms with Crippen LogP contribution >= 0.6 is 22.9 Å². The van der Waals surface area contributed by atoms with Crippen molar-refractivity contribution in [1.82, 2.24) is 5.32 Å². The molecule has 27 heavy (non-hydrogen) atoms. The van der Waals surface area contributed by atoms with Crippen molar-refractivity contribution in [3.8, 4) is 5.75 Å². The molecular formula is C20H21ClN2O3S. The van der Waals surface area contributed by atoms with Crippen molar-refractivity contribution in [3.05, 3.63) is 44.6 Å². The molecule has 5 rings (SSSR count). The fourth-order valence-electron chi connectivity index (χ4n) is 4.58. The number of fused-ring (bicyclic) bond motifs is 3. The lowest BCUT2D eigenvalue weighted by Gasteiger charge is -2.46. The lowest BCUT2D eigenvalue weighted by Crippen LogP contribution is -2.49. The number of nitrogens with one attached hydrogen (secondary N) is 2. The second kappa shape index (κ2) is 6.48. The fraction of sp³-hybridized carbons (Fsp3) is 0.450. The summed E-state index contributed by atoms with van der Waals surface area (Å²) in [5.41, 5.74) is 2.93. The number of carbonyl (C=O) groups is 1. The molecule has 1 saturated heterocycles. The van der Waals surface area contributed by atoms with E-state index in [2.05, 4.69) is 29.7 Å². The highest BCUT2D eigenvalue weighted by molar-refractivity contribution is 7.16. The minimum absolute atomic E-state index is 0.0645. The first-order valence-electron chi connectivity index (χ1n) is 9.28. The van der Waals surface area contributed by atoms with Gasteiger partial charge in [0.2, 0.25) is 0 Å². The Balaban J connectivity index is 1.49. The van der Waals surface area contributed by atoms with Gasteiger partial charge >= 0.3 is 0 Å². The van der Waals surface area contributed by atoms with E-state index >= 15 is 0 Å². The van der Waals surface area contributed by atoms with Gasteiger partial charge in [0.25, 0.3) is 5.91 Å². The van der Waals surface area contributed by atoms with Gasteiger partial charge in [0.1, 0.15) is 11.4 Å². The van der Waals surface area contributed by atoms with Crippen LogP contribution < -0.4 is 15.4 Å². The number of ether oxygens (including phenoxy) is 2. The summed E-state index contributed by atoms with van der Waals surface area (Å²) in [6.45, 7) is 3.00. The molecule has 3 unspecified atom stereocenters. The Labute approximate surface area is 167 Å². The lowest BCUT2D eigenvalue weighted by molar-refractivity contribution is -0.118. The molecule has 0 aliphatic carbocycles. The summed E-state index contributed by atoms with van der Waals surface area (Å²) in [5.74, 6) is 0.613. The van der Waals surface area contributed by atoms with E-state index in [9.17, 15) is 4.79 Å². The molecule has 2 N–H and O–H groups in total. The predicted molar refractivity (Wildman–Crippen MR) is 106 cm³/mol. The van der Waals surface area contributed by atoms with E-state index in [0.29, 0.717) is 6.04 Å². The van der Waals surface area contributed by atoms with Crippen molar-refractivity contribution in [2.45, 2.75) is 43.9 Å². The minimum atomic E-state index is -0.286. The van der Waals surface area contributed by atoms with Crippen LogP contribution in [0.15, 0.2) is 24.3 Å². The van der Waals surface area contributed by atoms with E-state index in [1.165, 1.54) is 10.4 Å². The van der Waals surface area contributed by atoms with Gasteiger partial charge in [-0.25, -0.2) is 0 Å². The van der Waals surface area contributed by atoms with Gasteiger partial charge in [-0.3, -0.25) is 4.79 Å². The van der Waals surface area contributed by atoms with Crippen LogP contribution in [0.3, 0.4) is 0 Å². The third-order valence-corrected chi connectivity index (χ3v) is 7.13. The molecule has 5 nitrogen and oxygen atoms in total. The second-order valence-electron chi connectivity index (χ2n) is 7.62. The Morgan fingerprint density at radius 1 is 1.30 bits per heavy atom. The fourth-order valence-corrected chi connectivity index (χ4v) is 6.05. The molecule has 0 saturated carbocycles. The zero-order valence-corrected chi connectivity index (χ0v) is 16.6. The first-order chi connectivity index (χ1) is 13.0. The van der Waals surface area contributed by atoms with Gasteiger partial charge in [0, 0.05) is 23.4 Å². The Hall–Kier alpha value is -1.60. The SMILES string of the molecule is CC1CC2(CC(c3ccc4c(c3)OCC(=O)N4)N1)OCCc1cc(Cl)sc12. The Morgan fingerprint density at radius 2 is 2.19 bits per heavy atom. The summed E-state index contributed by atoms with van der Waals surface area (Å²) in [6.07, 6.45) is 2.72. The molecule has 1 spiro atoms. The number of halogens is 1. The molecular weight excluding hydrogens is 384 g/mol. The zero-order chi connectivity index (χ0) is 18.6. The van der Waals surface area contributed by atoms with E-state index < -0.39 is 0 Å². The summed E-state index contributed by atoms with van der Waals surface area (Å²) >= 11 is 7.99. The van der Waals surface area contributed by atoms with Gasteiger partial charge in [0.15, 0.2) is 6.61 Å². The summed E-state index contributed by atoms with van der Waals surface area (Å²) in [4.78, 5) is 12.8. The highest BCUT2D eigenvalue weighted by Crippen LogP contribution is 2.50. The molecule has 2 aromatic rings. The van der Waals surface area contributed by atoms with Gasteiger partial charge in [-0.2, -0.15) is 0 Å². The van der Waals surface area contributed by atoms with Gasteiger partial charge in [-0.05, 0) is 49.1 Å². The normalized spacial score (nSPS) is 29.6. The number of thiophene rings is 1. The van der Waals surface area contributed by atoms with Crippen LogP contribution in [0.4, 0.5) is 5.69 Å². The van der Waals surface area contributed by atoms with E-state index in [0.717, 1.165) is 47.2 Å². The average Bonchev–Trinajstić information content (AvgIpc) is 3.03. The van der Waals surface area contributed by atoms with Crippen LogP contribution in [-0.4, -0.2) is 25.2 Å². The van der Waals surface area contributed by atoms with E-state index in [-0.39, 0.29) is 24.2 Å². The van der Waals surface area contributed by atoms with Crippen LogP contribution in [0, 0.1) is 0 Å². The van der Waals surface area contributed by atoms with Gasteiger partial charge in [-0.15, -0.1) is 11.3 Å². The molecule has 1 aromatic carbocycles. The summed E-state index contributed by atoms with van der Waals surface area (Å²) in [6, 6.07) is 8.57. The summed E-state index contributed by atoms with van der Waals surface area (Å²) < 4.78 is 12.9. The lowest BCUT2D eigenvalue weighted by atomic mass is 9.78. The maximum Gasteiger partial charge on any atom is 0.262 e. The van der Waals surface area contributed by atoms with Crippen molar-refractivity contribution in [2.24, 2.45) is 0 Å². The van der Waals surface area contributed by atoms with Gasteiger partial charge in [0.05, 0.1) is 16.6 Å². The second-order valence-corrected chi connectivity index (χ2v) is 9.30. The Bertz CT molecular complexity index is 915. The molecule has 3 atom stereocenters. The maximum absolute atomic E-state index is 11.5. The number of hydrogen-bond donors (Lipinski definition) is 2. The molecule has 0 bridgehead atoms. The number of rotatable bonds is 1. The molecule has 1 fully saturated rings. The van der Waals surface area contributed by atoms with Crippen LogP contribution in [0.1, 0.15) is 41.8 Å². The Kier molecular flexibility index (Phi) is 4.20. The van der Waals surface area contributed by atoms with Crippen molar-refractivity contribution < 1.29 is 14.3 Å². The molecule has 4 heterocycles.